The molecule has 0 amide bonds. The maximum atomic E-state index is 4.63. The molecule has 1 atom stereocenters. The molecule has 0 radical (unpaired) electrons. The molecular formula is C14H19N3S2. The Bertz CT molecular complexity index is 565. The fourth-order valence-corrected chi connectivity index (χ4v) is 4.17. The fourth-order valence-electron chi connectivity index (χ4n) is 2.37. The molecule has 0 bridgehead atoms. The van der Waals surface area contributed by atoms with Gasteiger partial charge in [0, 0.05) is 21.8 Å². The van der Waals surface area contributed by atoms with E-state index in [0.717, 1.165) is 11.0 Å². The summed E-state index contributed by atoms with van der Waals surface area (Å²) in [6, 6.07) is 2.67. The average Bonchev–Trinajstić information content (AvgIpc) is 2.96. The van der Waals surface area contributed by atoms with Gasteiger partial charge in [-0.3, -0.25) is 0 Å². The van der Waals surface area contributed by atoms with Crippen LogP contribution >= 0.6 is 22.9 Å². The molecule has 2 heterocycles. The normalized spacial score (nSPS) is 19.2. The van der Waals surface area contributed by atoms with E-state index < -0.39 is 0 Å². The molecule has 1 unspecified atom stereocenters. The van der Waals surface area contributed by atoms with Crippen LogP contribution < -0.4 is 5.32 Å². The summed E-state index contributed by atoms with van der Waals surface area (Å²) in [6.45, 7) is 6.45. The zero-order valence-electron chi connectivity index (χ0n) is 11.6. The number of nitrogens with zero attached hydrogens (tertiary/aromatic N) is 2. The second-order valence-corrected chi connectivity index (χ2v) is 7.81. The Morgan fingerprint density at radius 3 is 2.95 bits per heavy atom. The Kier molecular flexibility index (Phi) is 3.35. The second kappa shape index (κ2) is 4.87. The Hall–Kier alpha value is -0.940. The van der Waals surface area contributed by atoms with E-state index in [0.29, 0.717) is 6.04 Å². The number of thiophene rings is 1. The number of nitrogens with one attached hydrogen (secondary N) is 1. The lowest BCUT2D eigenvalue weighted by Crippen LogP contribution is -2.16. The van der Waals surface area contributed by atoms with Gasteiger partial charge in [-0.05, 0) is 36.3 Å². The van der Waals surface area contributed by atoms with Gasteiger partial charge >= 0.3 is 0 Å². The summed E-state index contributed by atoms with van der Waals surface area (Å²) in [5.74, 6) is 0.932. The molecule has 0 spiro atoms. The van der Waals surface area contributed by atoms with Gasteiger partial charge in [-0.15, -0.1) is 11.3 Å². The highest BCUT2D eigenvalue weighted by Gasteiger charge is 2.24. The van der Waals surface area contributed by atoms with Gasteiger partial charge in [-0.1, -0.05) is 20.8 Å². The van der Waals surface area contributed by atoms with Crippen LogP contribution in [0.2, 0.25) is 0 Å². The quantitative estimate of drug-likeness (QED) is 0.892. The van der Waals surface area contributed by atoms with Crippen LogP contribution in [0.5, 0.6) is 0 Å². The summed E-state index contributed by atoms with van der Waals surface area (Å²) in [7, 11) is 0. The molecule has 2 aromatic heterocycles. The van der Waals surface area contributed by atoms with Crippen LogP contribution in [0.25, 0.3) is 0 Å². The highest BCUT2D eigenvalue weighted by atomic mass is 32.1. The molecule has 0 saturated heterocycles. The summed E-state index contributed by atoms with van der Waals surface area (Å²) in [4.78, 5) is 6.16. The number of aromatic nitrogens is 2. The molecule has 0 fully saturated rings. The standard InChI is InChI=1S/C14H19N3S2/c1-14(2,3)12-16-13(19-17-12)15-10-5-4-6-11-9(10)7-8-18-11/h7-8,10H,4-6H2,1-3H3,(H,15,16,17). The van der Waals surface area contributed by atoms with Crippen LogP contribution in [0.15, 0.2) is 11.4 Å². The number of anilines is 1. The topological polar surface area (TPSA) is 37.8 Å². The molecule has 0 aromatic carbocycles. The van der Waals surface area contributed by atoms with Crippen molar-refractivity contribution in [3.63, 3.8) is 0 Å². The summed E-state index contributed by atoms with van der Waals surface area (Å²) >= 11 is 3.36. The maximum Gasteiger partial charge on any atom is 0.203 e. The van der Waals surface area contributed by atoms with Crippen molar-refractivity contribution in [1.29, 1.82) is 0 Å². The predicted octanol–water partition coefficient (Wildman–Crippen LogP) is 4.39. The van der Waals surface area contributed by atoms with Crippen molar-refractivity contribution in [2.75, 3.05) is 5.32 Å². The smallest absolute Gasteiger partial charge is 0.203 e. The van der Waals surface area contributed by atoms with Crippen LogP contribution in [0, 0.1) is 0 Å². The molecule has 3 nitrogen and oxygen atoms in total. The lowest BCUT2D eigenvalue weighted by Gasteiger charge is -2.23. The maximum absolute atomic E-state index is 4.63. The molecule has 102 valence electrons. The molecule has 0 saturated carbocycles. The molecule has 1 N–H and O–H groups in total. The fraction of sp³-hybridized carbons (Fsp3) is 0.571. The first-order valence-corrected chi connectivity index (χ1v) is 8.36. The molecule has 2 aromatic rings. The molecule has 3 rings (SSSR count). The zero-order valence-corrected chi connectivity index (χ0v) is 13.2. The van der Waals surface area contributed by atoms with Gasteiger partial charge in [0.05, 0.1) is 6.04 Å². The number of rotatable bonds is 2. The molecule has 0 aliphatic heterocycles. The third-order valence-electron chi connectivity index (χ3n) is 3.45. The minimum atomic E-state index is 0.0243. The van der Waals surface area contributed by atoms with Gasteiger partial charge in [-0.25, -0.2) is 4.98 Å². The van der Waals surface area contributed by atoms with Gasteiger partial charge < -0.3 is 5.32 Å². The molecule has 19 heavy (non-hydrogen) atoms. The Morgan fingerprint density at radius 1 is 1.37 bits per heavy atom. The van der Waals surface area contributed by atoms with E-state index in [1.165, 1.54) is 41.2 Å². The van der Waals surface area contributed by atoms with Gasteiger partial charge in [-0.2, -0.15) is 4.37 Å². The van der Waals surface area contributed by atoms with Crippen LogP contribution in [0.3, 0.4) is 0 Å². The van der Waals surface area contributed by atoms with Gasteiger partial charge in [0.25, 0.3) is 0 Å². The molecule has 1 aliphatic rings. The minimum Gasteiger partial charge on any atom is -0.353 e. The van der Waals surface area contributed by atoms with Gasteiger partial charge in [0.15, 0.2) is 0 Å². The first-order chi connectivity index (χ1) is 9.04. The van der Waals surface area contributed by atoms with E-state index in [9.17, 15) is 0 Å². The van der Waals surface area contributed by atoms with Crippen molar-refractivity contribution in [2.24, 2.45) is 0 Å². The van der Waals surface area contributed by atoms with E-state index >= 15 is 0 Å². The number of fused-ring (bicyclic) bond motifs is 1. The Balaban J connectivity index is 1.78. The number of hydrogen-bond acceptors (Lipinski definition) is 5. The molecule has 5 heteroatoms. The van der Waals surface area contributed by atoms with E-state index in [-0.39, 0.29) is 5.41 Å². The monoisotopic (exact) mass is 293 g/mol. The Morgan fingerprint density at radius 2 is 2.21 bits per heavy atom. The summed E-state index contributed by atoms with van der Waals surface area (Å²) in [6.07, 6.45) is 3.68. The SMILES string of the molecule is CC(C)(C)c1nsc(NC2CCCc3sccc32)n1. The second-order valence-electron chi connectivity index (χ2n) is 6.06. The first kappa shape index (κ1) is 13.1. The summed E-state index contributed by atoms with van der Waals surface area (Å²) in [5, 5.41) is 6.72. The van der Waals surface area contributed by atoms with Crippen molar-refractivity contribution in [3.8, 4) is 0 Å². The van der Waals surface area contributed by atoms with Crippen molar-refractivity contribution < 1.29 is 0 Å². The van der Waals surface area contributed by atoms with Crippen molar-refractivity contribution >= 4 is 28.0 Å². The number of hydrogen-bond donors (Lipinski definition) is 1. The minimum absolute atomic E-state index is 0.0243. The van der Waals surface area contributed by atoms with Crippen LogP contribution in [-0.4, -0.2) is 9.36 Å². The first-order valence-electron chi connectivity index (χ1n) is 6.71. The zero-order chi connectivity index (χ0) is 13.5. The highest BCUT2D eigenvalue weighted by molar-refractivity contribution is 7.10. The van der Waals surface area contributed by atoms with Crippen LogP contribution in [-0.2, 0) is 11.8 Å². The molecule has 1 aliphatic carbocycles. The summed E-state index contributed by atoms with van der Waals surface area (Å²) in [5.41, 5.74) is 1.49. The third-order valence-corrected chi connectivity index (χ3v) is 5.09. The van der Waals surface area contributed by atoms with Crippen molar-refractivity contribution in [3.05, 3.63) is 27.7 Å². The van der Waals surface area contributed by atoms with Crippen molar-refractivity contribution in [1.82, 2.24) is 9.36 Å². The summed E-state index contributed by atoms with van der Waals surface area (Å²) < 4.78 is 4.47. The Labute approximate surface area is 122 Å². The predicted molar refractivity (Wildman–Crippen MR) is 82.2 cm³/mol. The van der Waals surface area contributed by atoms with Gasteiger partial charge in [0.1, 0.15) is 5.82 Å². The van der Waals surface area contributed by atoms with E-state index in [1.54, 1.807) is 0 Å². The highest BCUT2D eigenvalue weighted by Crippen LogP contribution is 2.36. The van der Waals surface area contributed by atoms with Crippen LogP contribution in [0.1, 0.15) is 55.9 Å². The third kappa shape index (κ3) is 2.67. The number of aryl methyl sites for hydroxylation is 1. The lowest BCUT2D eigenvalue weighted by molar-refractivity contribution is 0.554. The largest absolute Gasteiger partial charge is 0.353 e. The van der Waals surface area contributed by atoms with Crippen molar-refractivity contribution in [2.45, 2.75) is 51.5 Å². The molecular weight excluding hydrogens is 274 g/mol. The van der Waals surface area contributed by atoms with E-state index in [2.05, 4.69) is 46.9 Å². The van der Waals surface area contributed by atoms with E-state index in [4.69, 9.17) is 0 Å². The van der Waals surface area contributed by atoms with Crippen LogP contribution in [0.4, 0.5) is 5.13 Å². The van der Waals surface area contributed by atoms with E-state index in [1.807, 2.05) is 11.3 Å². The lowest BCUT2D eigenvalue weighted by atomic mass is 9.94. The van der Waals surface area contributed by atoms with Gasteiger partial charge in [0.2, 0.25) is 5.13 Å². The average molecular weight is 293 g/mol.